The molecule has 3 nitrogen and oxygen atoms in total. The lowest BCUT2D eigenvalue weighted by molar-refractivity contribution is 0.262. The highest BCUT2D eigenvalue weighted by atomic mass is 32.1. The third kappa shape index (κ3) is 3.83. The predicted octanol–water partition coefficient (Wildman–Crippen LogP) is 3.66. The molecule has 1 heterocycles. The van der Waals surface area contributed by atoms with Crippen molar-refractivity contribution >= 4 is 23.0 Å². The fourth-order valence-corrected chi connectivity index (χ4v) is 2.79. The topological polar surface area (TPSA) is 24.5 Å². The molecule has 1 saturated heterocycles. The summed E-state index contributed by atoms with van der Waals surface area (Å²) in [5.41, 5.74) is 1.02. The summed E-state index contributed by atoms with van der Waals surface area (Å²) in [6.45, 7) is 5.98. The van der Waals surface area contributed by atoms with Crippen LogP contribution in [0.3, 0.4) is 0 Å². The minimum atomic E-state index is 0.538. The number of thiocarbonyl (C=S) groups is 1. The second kappa shape index (κ2) is 6.75. The van der Waals surface area contributed by atoms with Crippen LogP contribution >= 0.6 is 12.2 Å². The van der Waals surface area contributed by atoms with E-state index >= 15 is 0 Å². The number of piperidine rings is 1. The molecule has 2 rings (SSSR count). The average molecular weight is 278 g/mol. The highest BCUT2D eigenvalue weighted by Crippen LogP contribution is 2.20. The summed E-state index contributed by atoms with van der Waals surface area (Å²) in [6.07, 6.45) is 3.77. The molecule has 0 aromatic heterocycles. The van der Waals surface area contributed by atoms with E-state index in [0.717, 1.165) is 23.1 Å². The average Bonchev–Trinajstić information content (AvgIpc) is 2.42. The Labute approximate surface area is 120 Å². The van der Waals surface area contributed by atoms with Gasteiger partial charge in [-0.2, -0.15) is 0 Å². The third-order valence-corrected chi connectivity index (χ3v) is 3.82. The first-order chi connectivity index (χ1) is 9.20. The number of nitrogens with zero attached hydrogens (tertiary/aromatic N) is 1. The molecule has 0 spiro atoms. The van der Waals surface area contributed by atoms with Gasteiger partial charge in [0.15, 0.2) is 5.11 Å². The molecule has 19 heavy (non-hydrogen) atoms. The van der Waals surface area contributed by atoms with E-state index in [1.807, 2.05) is 31.2 Å². The monoisotopic (exact) mass is 278 g/mol. The Hall–Kier alpha value is -1.29. The molecule has 0 saturated carbocycles. The first-order valence-corrected chi connectivity index (χ1v) is 7.42. The van der Waals surface area contributed by atoms with E-state index in [0.29, 0.717) is 12.6 Å². The van der Waals surface area contributed by atoms with Crippen molar-refractivity contribution in [2.75, 3.05) is 18.5 Å². The Kier molecular flexibility index (Phi) is 5.02. The summed E-state index contributed by atoms with van der Waals surface area (Å²) in [7, 11) is 0. The van der Waals surface area contributed by atoms with E-state index in [2.05, 4.69) is 17.1 Å². The Morgan fingerprint density at radius 3 is 2.74 bits per heavy atom. The molecule has 1 aliphatic rings. The van der Waals surface area contributed by atoms with Gasteiger partial charge < -0.3 is 15.0 Å². The van der Waals surface area contributed by atoms with Crippen LogP contribution in [0, 0.1) is 0 Å². The minimum Gasteiger partial charge on any atom is -0.494 e. The number of nitrogens with one attached hydrogen (secondary N) is 1. The van der Waals surface area contributed by atoms with Crippen molar-refractivity contribution in [1.29, 1.82) is 0 Å². The van der Waals surface area contributed by atoms with Gasteiger partial charge in [0.05, 0.1) is 6.61 Å². The van der Waals surface area contributed by atoms with Gasteiger partial charge in [-0.1, -0.05) is 0 Å². The van der Waals surface area contributed by atoms with E-state index < -0.39 is 0 Å². The predicted molar refractivity (Wildman–Crippen MR) is 83.9 cm³/mol. The molecule has 0 bridgehead atoms. The van der Waals surface area contributed by atoms with Crippen molar-refractivity contribution in [2.24, 2.45) is 0 Å². The van der Waals surface area contributed by atoms with Crippen LogP contribution in [0.2, 0.25) is 0 Å². The Balaban J connectivity index is 1.94. The van der Waals surface area contributed by atoms with Gasteiger partial charge in [0, 0.05) is 18.3 Å². The molecule has 0 radical (unpaired) electrons. The number of hydrogen-bond donors (Lipinski definition) is 1. The molecule has 1 fully saturated rings. The third-order valence-electron chi connectivity index (χ3n) is 3.48. The van der Waals surface area contributed by atoms with Gasteiger partial charge in [0.25, 0.3) is 0 Å². The quantitative estimate of drug-likeness (QED) is 0.853. The van der Waals surface area contributed by atoms with Crippen LogP contribution in [0.4, 0.5) is 5.69 Å². The van der Waals surface area contributed by atoms with Gasteiger partial charge in [-0.3, -0.25) is 0 Å². The molecule has 0 unspecified atom stereocenters. The van der Waals surface area contributed by atoms with Crippen molar-refractivity contribution in [1.82, 2.24) is 4.90 Å². The van der Waals surface area contributed by atoms with E-state index in [1.165, 1.54) is 19.3 Å². The number of likely N-dealkylation sites (tertiary alicyclic amines) is 1. The highest BCUT2D eigenvalue weighted by molar-refractivity contribution is 7.80. The molecule has 1 N–H and O–H groups in total. The van der Waals surface area contributed by atoms with Crippen LogP contribution in [0.15, 0.2) is 24.3 Å². The second-order valence-electron chi connectivity index (χ2n) is 4.93. The molecule has 1 aliphatic heterocycles. The van der Waals surface area contributed by atoms with Crippen LogP contribution in [-0.4, -0.2) is 29.2 Å². The lowest BCUT2D eigenvalue weighted by atomic mass is 10.0. The van der Waals surface area contributed by atoms with E-state index in [-0.39, 0.29) is 0 Å². The SMILES string of the molecule is CCOc1ccc(NC(=S)N2CCCC[C@H]2C)cc1. The molecule has 1 aromatic rings. The first-order valence-electron chi connectivity index (χ1n) is 7.01. The van der Waals surface area contributed by atoms with Crippen LogP contribution < -0.4 is 10.1 Å². The number of ether oxygens (including phenoxy) is 1. The van der Waals surface area contributed by atoms with Gasteiger partial charge in [0.1, 0.15) is 5.75 Å². The maximum Gasteiger partial charge on any atom is 0.173 e. The number of benzene rings is 1. The summed E-state index contributed by atoms with van der Waals surface area (Å²) in [6, 6.07) is 8.48. The maximum atomic E-state index is 5.50. The Morgan fingerprint density at radius 2 is 2.11 bits per heavy atom. The fourth-order valence-electron chi connectivity index (χ4n) is 2.40. The van der Waals surface area contributed by atoms with Crippen LogP contribution in [0.1, 0.15) is 33.1 Å². The Morgan fingerprint density at radius 1 is 1.37 bits per heavy atom. The van der Waals surface area contributed by atoms with Gasteiger partial charge in [-0.15, -0.1) is 0 Å². The zero-order valence-corrected chi connectivity index (χ0v) is 12.5. The smallest absolute Gasteiger partial charge is 0.173 e. The van der Waals surface area contributed by atoms with Crippen molar-refractivity contribution in [3.05, 3.63) is 24.3 Å². The van der Waals surface area contributed by atoms with Crippen LogP contribution in [-0.2, 0) is 0 Å². The van der Waals surface area contributed by atoms with Gasteiger partial charge >= 0.3 is 0 Å². The van der Waals surface area contributed by atoms with Gasteiger partial charge in [0.2, 0.25) is 0 Å². The van der Waals surface area contributed by atoms with Crippen molar-refractivity contribution in [2.45, 2.75) is 39.2 Å². The van der Waals surface area contributed by atoms with Crippen molar-refractivity contribution in [3.63, 3.8) is 0 Å². The zero-order valence-electron chi connectivity index (χ0n) is 11.7. The molecule has 0 aliphatic carbocycles. The first kappa shape index (κ1) is 14.1. The van der Waals surface area contributed by atoms with Gasteiger partial charge in [-0.25, -0.2) is 0 Å². The highest BCUT2D eigenvalue weighted by Gasteiger charge is 2.20. The number of rotatable bonds is 3. The lowest BCUT2D eigenvalue weighted by Gasteiger charge is -2.35. The lowest BCUT2D eigenvalue weighted by Crippen LogP contribution is -2.44. The normalized spacial score (nSPS) is 19.1. The molecule has 104 valence electrons. The summed E-state index contributed by atoms with van der Waals surface area (Å²) in [4.78, 5) is 2.29. The second-order valence-corrected chi connectivity index (χ2v) is 5.31. The van der Waals surface area contributed by atoms with Crippen molar-refractivity contribution in [3.8, 4) is 5.75 Å². The number of hydrogen-bond acceptors (Lipinski definition) is 2. The van der Waals surface area contributed by atoms with E-state index in [1.54, 1.807) is 0 Å². The number of anilines is 1. The summed E-state index contributed by atoms with van der Waals surface area (Å²) in [5.74, 6) is 0.894. The van der Waals surface area contributed by atoms with Crippen molar-refractivity contribution < 1.29 is 4.74 Å². The molecule has 1 atom stereocenters. The standard InChI is InChI=1S/C15H22N2OS/c1-3-18-14-9-7-13(8-10-14)16-15(19)17-11-5-4-6-12(17)2/h7-10,12H,3-6,11H2,1-2H3,(H,16,19)/t12-/m1/s1. The maximum absolute atomic E-state index is 5.50. The van der Waals surface area contributed by atoms with E-state index in [9.17, 15) is 0 Å². The molecular formula is C15H22N2OS. The van der Waals surface area contributed by atoms with Gasteiger partial charge in [-0.05, 0) is 69.6 Å². The Bertz CT molecular complexity index is 419. The summed E-state index contributed by atoms with van der Waals surface area (Å²) < 4.78 is 5.43. The van der Waals surface area contributed by atoms with E-state index in [4.69, 9.17) is 17.0 Å². The molecular weight excluding hydrogens is 256 g/mol. The molecule has 0 amide bonds. The fraction of sp³-hybridized carbons (Fsp3) is 0.533. The van der Waals surface area contributed by atoms with Crippen LogP contribution in [0.5, 0.6) is 5.75 Å². The van der Waals surface area contributed by atoms with Crippen LogP contribution in [0.25, 0.3) is 0 Å². The zero-order chi connectivity index (χ0) is 13.7. The largest absolute Gasteiger partial charge is 0.494 e. The summed E-state index contributed by atoms with van der Waals surface area (Å²) in [5, 5.41) is 4.14. The molecule has 4 heteroatoms. The minimum absolute atomic E-state index is 0.538. The summed E-state index contributed by atoms with van der Waals surface area (Å²) >= 11 is 5.50. The molecule has 1 aromatic carbocycles.